The maximum atomic E-state index is 12.3. The van der Waals surface area contributed by atoms with Crippen LogP contribution in [-0.2, 0) is 4.74 Å². The number of ether oxygens (including phenoxy) is 1. The molecule has 1 aromatic carbocycles. The summed E-state index contributed by atoms with van der Waals surface area (Å²) in [7, 11) is 0. The molecule has 5 heteroatoms. The predicted octanol–water partition coefficient (Wildman–Crippen LogP) is 2.01. The third-order valence-corrected chi connectivity index (χ3v) is 3.00. The molecule has 0 spiro atoms. The van der Waals surface area contributed by atoms with Crippen molar-refractivity contribution in [2.45, 2.75) is 13.0 Å². The van der Waals surface area contributed by atoms with Gasteiger partial charge < -0.3 is 9.64 Å². The summed E-state index contributed by atoms with van der Waals surface area (Å²) < 4.78 is 5.21. The van der Waals surface area contributed by atoms with E-state index in [1.807, 2.05) is 13.0 Å². The Morgan fingerprint density at radius 3 is 3.00 bits per heavy atom. The summed E-state index contributed by atoms with van der Waals surface area (Å²) in [5.74, 6) is -0.107. The number of nitrogens with zero attached hydrogens (tertiary/aromatic N) is 2. The van der Waals surface area contributed by atoms with Crippen molar-refractivity contribution < 1.29 is 9.53 Å². The van der Waals surface area contributed by atoms with Crippen LogP contribution in [-0.4, -0.2) is 36.6 Å². The number of rotatable bonds is 1. The van der Waals surface area contributed by atoms with Crippen LogP contribution in [0.2, 0.25) is 5.02 Å². The van der Waals surface area contributed by atoms with Gasteiger partial charge in [-0.1, -0.05) is 11.6 Å². The molecule has 1 fully saturated rings. The van der Waals surface area contributed by atoms with Gasteiger partial charge in [0.2, 0.25) is 0 Å². The summed E-state index contributed by atoms with van der Waals surface area (Å²) >= 11 is 5.94. The number of hydrogen-bond acceptors (Lipinski definition) is 3. The first-order valence-corrected chi connectivity index (χ1v) is 6.05. The van der Waals surface area contributed by atoms with E-state index in [1.54, 1.807) is 23.1 Å². The number of halogens is 1. The van der Waals surface area contributed by atoms with Gasteiger partial charge in [0.25, 0.3) is 5.91 Å². The van der Waals surface area contributed by atoms with E-state index in [0.717, 1.165) is 5.56 Å². The lowest BCUT2D eigenvalue weighted by Crippen LogP contribution is -2.45. The molecule has 4 nitrogen and oxygen atoms in total. The van der Waals surface area contributed by atoms with Crippen molar-refractivity contribution in [2.24, 2.45) is 0 Å². The van der Waals surface area contributed by atoms with Crippen molar-refractivity contribution in [1.29, 1.82) is 5.26 Å². The topological polar surface area (TPSA) is 53.3 Å². The molecule has 1 heterocycles. The van der Waals surface area contributed by atoms with E-state index < -0.39 is 6.10 Å². The molecule has 0 bridgehead atoms. The van der Waals surface area contributed by atoms with Gasteiger partial charge in [0.15, 0.2) is 6.10 Å². The van der Waals surface area contributed by atoms with Crippen LogP contribution in [0.3, 0.4) is 0 Å². The number of carbonyl (C=O) groups excluding carboxylic acids is 1. The zero-order chi connectivity index (χ0) is 13.1. The van der Waals surface area contributed by atoms with Crippen LogP contribution in [0, 0.1) is 18.3 Å². The minimum Gasteiger partial charge on any atom is -0.360 e. The number of amides is 1. The monoisotopic (exact) mass is 264 g/mol. The number of hydrogen-bond donors (Lipinski definition) is 0. The van der Waals surface area contributed by atoms with Crippen LogP contribution in [0.25, 0.3) is 0 Å². The van der Waals surface area contributed by atoms with Crippen molar-refractivity contribution in [2.75, 3.05) is 19.7 Å². The van der Waals surface area contributed by atoms with Crippen molar-refractivity contribution in [3.05, 3.63) is 34.3 Å². The molecule has 1 aliphatic rings. The number of carbonyl (C=O) groups is 1. The third kappa shape index (κ3) is 2.81. The summed E-state index contributed by atoms with van der Waals surface area (Å²) in [6.07, 6.45) is -0.539. The van der Waals surface area contributed by atoms with Gasteiger partial charge in [0.1, 0.15) is 0 Å². The number of nitriles is 1. The minimum atomic E-state index is -0.539. The molecule has 94 valence electrons. The Bertz CT molecular complexity index is 490. The highest BCUT2D eigenvalue weighted by Crippen LogP contribution is 2.17. The molecular formula is C13H13ClN2O2. The fourth-order valence-electron chi connectivity index (χ4n) is 1.95. The summed E-state index contributed by atoms with van der Waals surface area (Å²) in [5, 5.41) is 9.36. The van der Waals surface area contributed by atoms with Gasteiger partial charge >= 0.3 is 0 Å². The van der Waals surface area contributed by atoms with Gasteiger partial charge in [-0.05, 0) is 30.7 Å². The van der Waals surface area contributed by atoms with Gasteiger partial charge in [-0.25, -0.2) is 0 Å². The molecule has 1 atom stereocenters. The normalized spacial score (nSPS) is 19.4. The van der Waals surface area contributed by atoms with Crippen LogP contribution in [0.15, 0.2) is 18.2 Å². The average Bonchev–Trinajstić information content (AvgIpc) is 2.37. The van der Waals surface area contributed by atoms with E-state index in [2.05, 4.69) is 0 Å². The summed E-state index contributed by atoms with van der Waals surface area (Å²) in [6, 6.07) is 7.27. The van der Waals surface area contributed by atoms with Crippen molar-refractivity contribution in [3.8, 4) is 6.07 Å². The Morgan fingerprint density at radius 1 is 1.56 bits per heavy atom. The molecule has 0 aliphatic carbocycles. The fraction of sp³-hybridized carbons (Fsp3) is 0.385. The molecule has 1 amide bonds. The SMILES string of the molecule is Cc1cc(Cl)cc(C(=O)N2CCOC(C#N)C2)c1. The Hall–Kier alpha value is -1.57. The Balaban J connectivity index is 2.18. The number of aryl methyl sites for hydroxylation is 1. The molecule has 2 rings (SSSR count). The van der Waals surface area contributed by atoms with Gasteiger partial charge in [-0.2, -0.15) is 5.26 Å². The first kappa shape index (κ1) is 12.9. The predicted molar refractivity (Wildman–Crippen MR) is 67.4 cm³/mol. The van der Waals surface area contributed by atoms with Gasteiger partial charge in [-0.3, -0.25) is 4.79 Å². The minimum absolute atomic E-state index is 0.107. The average molecular weight is 265 g/mol. The molecule has 1 aromatic rings. The zero-order valence-electron chi connectivity index (χ0n) is 10.0. The van der Waals surface area contributed by atoms with Gasteiger partial charge in [0, 0.05) is 17.1 Å². The largest absolute Gasteiger partial charge is 0.360 e. The smallest absolute Gasteiger partial charge is 0.254 e. The van der Waals surface area contributed by atoms with Gasteiger partial charge in [0.05, 0.1) is 19.2 Å². The van der Waals surface area contributed by atoms with E-state index in [4.69, 9.17) is 21.6 Å². The Kier molecular flexibility index (Phi) is 3.85. The van der Waals surface area contributed by atoms with Crippen LogP contribution < -0.4 is 0 Å². The van der Waals surface area contributed by atoms with Crippen molar-refractivity contribution in [1.82, 2.24) is 4.90 Å². The highest BCUT2D eigenvalue weighted by Gasteiger charge is 2.24. The van der Waals surface area contributed by atoms with Crippen LogP contribution >= 0.6 is 11.6 Å². The zero-order valence-corrected chi connectivity index (χ0v) is 10.8. The first-order chi connectivity index (χ1) is 8.60. The lowest BCUT2D eigenvalue weighted by atomic mass is 10.1. The molecule has 0 saturated carbocycles. The molecule has 0 N–H and O–H groups in total. The van der Waals surface area contributed by atoms with E-state index >= 15 is 0 Å². The number of morpholine rings is 1. The number of benzene rings is 1. The molecule has 18 heavy (non-hydrogen) atoms. The second-order valence-corrected chi connectivity index (χ2v) is 4.69. The maximum Gasteiger partial charge on any atom is 0.254 e. The summed E-state index contributed by atoms with van der Waals surface area (Å²) in [4.78, 5) is 13.9. The van der Waals surface area contributed by atoms with Crippen LogP contribution in [0.4, 0.5) is 0 Å². The summed E-state index contributed by atoms with van der Waals surface area (Å²) in [5.41, 5.74) is 1.49. The Morgan fingerprint density at radius 2 is 2.33 bits per heavy atom. The molecule has 0 radical (unpaired) electrons. The molecule has 1 aliphatic heterocycles. The van der Waals surface area contributed by atoms with E-state index in [0.29, 0.717) is 30.3 Å². The second kappa shape index (κ2) is 5.38. The lowest BCUT2D eigenvalue weighted by molar-refractivity contribution is 0.00346. The van der Waals surface area contributed by atoms with E-state index in [1.165, 1.54) is 0 Å². The van der Waals surface area contributed by atoms with E-state index in [-0.39, 0.29) is 5.91 Å². The van der Waals surface area contributed by atoms with Gasteiger partial charge in [-0.15, -0.1) is 0 Å². The Labute approximate surface area is 111 Å². The highest BCUT2D eigenvalue weighted by atomic mass is 35.5. The van der Waals surface area contributed by atoms with Crippen LogP contribution in [0.1, 0.15) is 15.9 Å². The van der Waals surface area contributed by atoms with E-state index in [9.17, 15) is 4.79 Å². The molecule has 0 aromatic heterocycles. The maximum absolute atomic E-state index is 12.3. The van der Waals surface area contributed by atoms with Crippen molar-refractivity contribution in [3.63, 3.8) is 0 Å². The molecule has 1 unspecified atom stereocenters. The first-order valence-electron chi connectivity index (χ1n) is 5.68. The second-order valence-electron chi connectivity index (χ2n) is 4.26. The summed E-state index contributed by atoms with van der Waals surface area (Å²) in [6.45, 7) is 3.09. The lowest BCUT2D eigenvalue weighted by Gasteiger charge is -2.29. The highest BCUT2D eigenvalue weighted by molar-refractivity contribution is 6.31. The molecular weight excluding hydrogens is 252 g/mol. The third-order valence-electron chi connectivity index (χ3n) is 2.79. The fourth-order valence-corrected chi connectivity index (χ4v) is 2.24. The standard InChI is InChI=1S/C13H13ClN2O2/c1-9-4-10(6-11(14)5-9)13(17)16-2-3-18-12(7-15)8-16/h4-6,12H,2-3,8H2,1H3. The van der Waals surface area contributed by atoms with Crippen molar-refractivity contribution >= 4 is 17.5 Å². The van der Waals surface area contributed by atoms with Crippen LogP contribution in [0.5, 0.6) is 0 Å². The quantitative estimate of drug-likeness (QED) is 0.780. The molecule has 1 saturated heterocycles.